The largest absolute Gasteiger partial charge is 0.496 e. The standard InChI is InChI=1S/C19H22N4O5S/c1-26-14-9-13(23-6-4-5-7-23)15(27-2)8-12(14)11-20-22-19-21-18(25)16(29-19)10-17(24)28-3/h8-11H,4-7H2,1-3H3,(H,21,22,25)/b16-10+,20-11?. The predicted molar refractivity (Wildman–Crippen MR) is 112 cm³/mol. The van der Waals surface area contributed by atoms with Crippen molar-refractivity contribution in [2.45, 2.75) is 12.8 Å². The molecule has 1 N–H and O–H groups in total. The van der Waals surface area contributed by atoms with Crippen molar-refractivity contribution >= 4 is 40.7 Å². The highest BCUT2D eigenvalue weighted by atomic mass is 32.2. The summed E-state index contributed by atoms with van der Waals surface area (Å²) in [6.45, 7) is 1.97. The van der Waals surface area contributed by atoms with Crippen LogP contribution in [0.1, 0.15) is 18.4 Å². The number of benzene rings is 1. The third-order valence-electron chi connectivity index (χ3n) is 4.42. The van der Waals surface area contributed by atoms with Crippen LogP contribution in [0.3, 0.4) is 0 Å². The first-order valence-corrected chi connectivity index (χ1v) is 9.78. The Morgan fingerprint density at radius 1 is 1.17 bits per heavy atom. The van der Waals surface area contributed by atoms with Gasteiger partial charge in [-0.1, -0.05) is 0 Å². The van der Waals surface area contributed by atoms with Gasteiger partial charge in [-0.15, -0.1) is 5.10 Å². The minimum absolute atomic E-state index is 0.194. The summed E-state index contributed by atoms with van der Waals surface area (Å²) in [5, 5.41) is 10.8. The number of amides is 1. The minimum Gasteiger partial charge on any atom is -0.496 e. The average molecular weight is 418 g/mol. The maximum Gasteiger partial charge on any atom is 0.331 e. The van der Waals surface area contributed by atoms with Gasteiger partial charge in [-0.05, 0) is 30.7 Å². The Bertz CT molecular complexity index is 891. The smallest absolute Gasteiger partial charge is 0.331 e. The molecule has 2 fully saturated rings. The Balaban J connectivity index is 1.80. The lowest BCUT2D eigenvalue weighted by molar-refractivity contribution is -0.135. The van der Waals surface area contributed by atoms with E-state index in [1.165, 1.54) is 13.3 Å². The molecule has 2 aliphatic heterocycles. The SMILES string of the molecule is COC(=O)/C=C1/S/C(=N\N=Cc2cc(OC)c(N3CCCC3)cc2OC)NC1=O. The molecule has 2 aliphatic rings. The number of esters is 1. The van der Waals surface area contributed by atoms with Crippen LogP contribution in [-0.4, -0.2) is 57.7 Å². The predicted octanol–water partition coefficient (Wildman–Crippen LogP) is 1.91. The molecule has 154 valence electrons. The number of anilines is 1. The zero-order chi connectivity index (χ0) is 20.8. The van der Waals surface area contributed by atoms with Crippen molar-refractivity contribution in [1.82, 2.24) is 5.32 Å². The molecular formula is C19H22N4O5S. The van der Waals surface area contributed by atoms with Gasteiger partial charge in [0.15, 0.2) is 5.17 Å². The fourth-order valence-electron chi connectivity index (χ4n) is 3.00. The second kappa shape index (κ2) is 9.46. The second-order valence-corrected chi connectivity index (χ2v) is 7.23. The van der Waals surface area contributed by atoms with E-state index in [0.717, 1.165) is 55.2 Å². The summed E-state index contributed by atoms with van der Waals surface area (Å²) in [6.07, 6.45) is 4.94. The highest BCUT2D eigenvalue weighted by Gasteiger charge is 2.25. The van der Waals surface area contributed by atoms with Crippen molar-refractivity contribution in [3.8, 4) is 11.5 Å². The first kappa shape index (κ1) is 20.7. The maximum atomic E-state index is 11.8. The van der Waals surface area contributed by atoms with Crippen LogP contribution in [0.15, 0.2) is 33.3 Å². The second-order valence-electron chi connectivity index (χ2n) is 6.20. The molecule has 1 amide bonds. The summed E-state index contributed by atoms with van der Waals surface area (Å²) in [5.74, 6) is 0.338. The number of nitrogens with zero attached hydrogens (tertiary/aromatic N) is 3. The Morgan fingerprint density at radius 2 is 1.90 bits per heavy atom. The van der Waals surface area contributed by atoms with Crippen molar-refractivity contribution in [3.05, 3.63) is 28.7 Å². The average Bonchev–Trinajstić information content (AvgIpc) is 3.37. The lowest BCUT2D eigenvalue weighted by Crippen LogP contribution is -2.19. The van der Waals surface area contributed by atoms with E-state index in [1.807, 2.05) is 12.1 Å². The van der Waals surface area contributed by atoms with Crippen LogP contribution in [-0.2, 0) is 14.3 Å². The van der Waals surface area contributed by atoms with Crippen LogP contribution < -0.4 is 19.7 Å². The van der Waals surface area contributed by atoms with Gasteiger partial charge >= 0.3 is 5.97 Å². The zero-order valence-electron chi connectivity index (χ0n) is 16.4. The number of thioether (sulfide) groups is 1. The molecule has 0 spiro atoms. The molecule has 1 aromatic rings. The highest BCUT2D eigenvalue weighted by molar-refractivity contribution is 8.18. The number of hydrogen-bond donors (Lipinski definition) is 1. The molecule has 2 heterocycles. The molecule has 3 rings (SSSR count). The maximum absolute atomic E-state index is 11.8. The van der Waals surface area contributed by atoms with Crippen molar-refractivity contribution < 1.29 is 23.8 Å². The van der Waals surface area contributed by atoms with Crippen molar-refractivity contribution in [3.63, 3.8) is 0 Å². The van der Waals surface area contributed by atoms with E-state index in [2.05, 4.69) is 25.2 Å². The highest BCUT2D eigenvalue weighted by Crippen LogP contribution is 2.36. The third kappa shape index (κ3) is 4.89. The van der Waals surface area contributed by atoms with E-state index in [1.54, 1.807) is 14.2 Å². The summed E-state index contributed by atoms with van der Waals surface area (Å²) in [5.41, 5.74) is 1.68. The van der Waals surface area contributed by atoms with Crippen LogP contribution in [0.25, 0.3) is 0 Å². The summed E-state index contributed by atoms with van der Waals surface area (Å²) in [4.78, 5) is 25.6. The van der Waals surface area contributed by atoms with Crippen LogP contribution in [0, 0.1) is 0 Å². The first-order valence-electron chi connectivity index (χ1n) is 8.96. The molecule has 0 aromatic heterocycles. The van der Waals surface area contributed by atoms with Gasteiger partial charge in [0, 0.05) is 30.8 Å². The number of nitrogens with one attached hydrogen (secondary N) is 1. The van der Waals surface area contributed by atoms with Gasteiger partial charge in [0.2, 0.25) is 0 Å². The van der Waals surface area contributed by atoms with Gasteiger partial charge in [0.1, 0.15) is 11.5 Å². The number of carbonyl (C=O) groups excluding carboxylic acids is 2. The van der Waals surface area contributed by atoms with E-state index >= 15 is 0 Å². The Kier molecular flexibility index (Phi) is 6.76. The molecule has 0 aliphatic carbocycles. The number of amidine groups is 1. The zero-order valence-corrected chi connectivity index (χ0v) is 17.2. The summed E-state index contributed by atoms with van der Waals surface area (Å²) >= 11 is 1.01. The van der Waals surface area contributed by atoms with Gasteiger partial charge in [0.25, 0.3) is 5.91 Å². The Hall–Kier alpha value is -3.01. The quantitative estimate of drug-likeness (QED) is 0.326. The van der Waals surface area contributed by atoms with Gasteiger partial charge in [-0.3, -0.25) is 10.1 Å². The number of ether oxygens (including phenoxy) is 3. The molecule has 2 saturated heterocycles. The molecule has 0 saturated carbocycles. The molecule has 0 bridgehead atoms. The molecule has 0 atom stereocenters. The van der Waals surface area contributed by atoms with Gasteiger partial charge in [-0.2, -0.15) is 5.10 Å². The Labute approximate surface area is 172 Å². The number of rotatable bonds is 6. The van der Waals surface area contributed by atoms with Gasteiger partial charge in [0.05, 0.1) is 38.1 Å². The van der Waals surface area contributed by atoms with Crippen molar-refractivity contribution in [2.75, 3.05) is 39.3 Å². The molecule has 0 unspecified atom stereocenters. The Morgan fingerprint density at radius 3 is 2.55 bits per heavy atom. The lowest BCUT2D eigenvalue weighted by Gasteiger charge is -2.22. The summed E-state index contributed by atoms with van der Waals surface area (Å²) in [7, 11) is 4.46. The third-order valence-corrected chi connectivity index (χ3v) is 5.32. The molecule has 1 aromatic carbocycles. The molecule has 29 heavy (non-hydrogen) atoms. The van der Waals surface area contributed by atoms with E-state index in [0.29, 0.717) is 11.3 Å². The van der Waals surface area contributed by atoms with E-state index in [-0.39, 0.29) is 10.1 Å². The van der Waals surface area contributed by atoms with Crippen LogP contribution in [0.2, 0.25) is 0 Å². The fraction of sp³-hybridized carbons (Fsp3) is 0.368. The minimum atomic E-state index is -0.609. The number of carbonyl (C=O) groups is 2. The number of methoxy groups -OCH3 is 3. The van der Waals surface area contributed by atoms with E-state index in [4.69, 9.17) is 9.47 Å². The lowest BCUT2D eigenvalue weighted by atomic mass is 10.1. The number of hydrogen-bond acceptors (Lipinski definition) is 9. The fourth-order valence-corrected chi connectivity index (χ4v) is 3.73. The van der Waals surface area contributed by atoms with Crippen LogP contribution >= 0.6 is 11.8 Å². The monoisotopic (exact) mass is 418 g/mol. The van der Waals surface area contributed by atoms with Gasteiger partial charge in [-0.25, -0.2) is 4.79 Å². The van der Waals surface area contributed by atoms with Crippen molar-refractivity contribution in [1.29, 1.82) is 0 Å². The first-order chi connectivity index (χ1) is 14.0. The van der Waals surface area contributed by atoms with E-state index in [9.17, 15) is 9.59 Å². The molecule has 10 heteroatoms. The van der Waals surface area contributed by atoms with Crippen LogP contribution in [0.4, 0.5) is 5.69 Å². The van der Waals surface area contributed by atoms with E-state index < -0.39 is 11.9 Å². The topological polar surface area (TPSA) is 102 Å². The normalized spacial score (nSPS) is 19.3. The van der Waals surface area contributed by atoms with Gasteiger partial charge < -0.3 is 19.1 Å². The molecular weight excluding hydrogens is 396 g/mol. The summed E-state index contributed by atoms with van der Waals surface area (Å²) in [6, 6.07) is 3.78. The summed E-state index contributed by atoms with van der Waals surface area (Å²) < 4.78 is 15.6. The molecule has 9 nitrogen and oxygen atoms in total. The van der Waals surface area contributed by atoms with Crippen molar-refractivity contribution in [2.24, 2.45) is 10.2 Å². The molecule has 0 radical (unpaired) electrons. The van der Waals surface area contributed by atoms with Crippen LogP contribution in [0.5, 0.6) is 11.5 Å².